The molecule has 0 atom stereocenters. The van der Waals surface area contributed by atoms with Gasteiger partial charge in [-0.1, -0.05) is 33.6 Å². The Balaban J connectivity index is 0.000000561. The summed E-state index contributed by atoms with van der Waals surface area (Å²) in [4.78, 5) is 0. The molecule has 0 spiro atoms. The van der Waals surface area contributed by atoms with Crippen molar-refractivity contribution in [1.29, 1.82) is 0 Å². The summed E-state index contributed by atoms with van der Waals surface area (Å²) in [5, 5.41) is 3.48. The van der Waals surface area contributed by atoms with E-state index in [-0.39, 0.29) is 0 Å². The van der Waals surface area contributed by atoms with Crippen molar-refractivity contribution in [1.82, 2.24) is 5.32 Å². The van der Waals surface area contributed by atoms with Crippen molar-refractivity contribution < 1.29 is 0 Å². The van der Waals surface area contributed by atoms with E-state index < -0.39 is 0 Å². The number of hydrogen-bond acceptors (Lipinski definition) is 1. The molecule has 1 rings (SSSR count). The molecule has 1 N–H and O–H groups in total. The number of hydrogen-bond donors (Lipinski definition) is 1. The van der Waals surface area contributed by atoms with Crippen molar-refractivity contribution in [2.45, 2.75) is 52.9 Å². The molecule has 0 unspecified atom stereocenters. The fraction of sp³-hybridized carbons (Fsp3) is 1.00. The number of rotatable bonds is 4. The average molecular weight is 171 g/mol. The van der Waals surface area contributed by atoms with Gasteiger partial charge in [0.25, 0.3) is 0 Å². The van der Waals surface area contributed by atoms with Crippen LogP contribution in [0.2, 0.25) is 0 Å². The van der Waals surface area contributed by atoms with E-state index in [2.05, 4.69) is 12.2 Å². The molecule has 12 heavy (non-hydrogen) atoms. The standard InChI is InChI=1S/C9H19N.C2H6/c1-2-7-10-8-9-5-3-4-6-9;1-2/h9-10H,2-8H2,1H3;1-2H3. The third kappa shape index (κ3) is 5.59. The van der Waals surface area contributed by atoms with Crippen LogP contribution in [0.15, 0.2) is 0 Å². The Morgan fingerprint density at radius 3 is 2.25 bits per heavy atom. The second-order valence-corrected chi connectivity index (χ2v) is 3.35. The van der Waals surface area contributed by atoms with Gasteiger partial charge in [-0.3, -0.25) is 0 Å². The highest BCUT2D eigenvalue weighted by atomic mass is 14.8. The number of nitrogens with one attached hydrogen (secondary N) is 1. The smallest absolute Gasteiger partial charge is 0.00205 e. The van der Waals surface area contributed by atoms with E-state index in [4.69, 9.17) is 0 Å². The van der Waals surface area contributed by atoms with Gasteiger partial charge in [0.15, 0.2) is 0 Å². The van der Waals surface area contributed by atoms with E-state index in [1.165, 1.54) is 45.2 Å². The van der Waals surface area contributed by atoms with Crippen molar-refractivity contribution in [3.05, 3.63) is 0 Å². The molecule has 0 heterocycles. The van der Waals surface area contributed by atoms with Crippen molar-refractivity contribution >= 4 is 0 Å². The molecule has 0 saturated heterocycles. The molecule has 1 heteroatoms. The minimum absolute atomic E-state index is 1.01. The lowest BCUT2D eigenvalue weighted by Crippen LogP contribution is -2.21. The zero-order chi connectivity index (χ0) is 9.23. The van der Waals surface area contributed by atoms with Crippen LogP contribution in [0.4, 0.5) is 0 Å². The van der Waals surface area contributed by atoms with E-state index in [0.717, 1.165) is 5.92 Å². The second-order valence-electron chi connectivity index (χ2n) is 3.35. The maximum atomic E-state index is 3.48. The minimum Gasteiger partial charge on any atom is -0.316 e. The lowest BCUT2D eigenvalue weighted by atomic mass is 10.1. The van der Waals surface area contributed by atoms with Gasteiger partial charge < -0.3 is 5.32 Å². The van der Waals surface area contributed by atoms with Gasteiger partial charge in [-0.25, -0.2) is 0 Å². The van der Waals surface area contributed by atoms with Crippen molar-refractivity contribution in [2.24, 2.45) is 5.92 Å². The molecule has 74 valence electrons. The molecule has 0 amide bonds. The minimum atomic E-state index is 1.01. The first-order chi connectivity index (χ1) is 5.93. The van der Waals surface area contributed by atoms with E-state index in [1.54, 1.807) is 0 Å². The molecule has 1 aliphatic rings. The van der Waals surface area contributed by atoms with Crippen LogP contribution in [0.1, 0.15) is 52.9 Å². The zero-order valence-electron chi connectivity index (χ0n) is 9.03. The summed E-state index contributed by atoms with van der Waals surface area (Å²) in [7, 11) is 0. The first-order valence-electron chi connectivity index (χ1n) is 5.64. The van der Waals surface area contributed by atoms with Crippen LogP contribution in [0.25, 0.3) is 0 Å². The SMILES string of the molecule is CC.CCCNCC1CCCC1. The van der Waals surface area contributed by atoms with Gasteiger partial charge in [-0.15, -0.1) is 0 Å². The normalized spacial score (nSPS) is 17.2. The summed E-state index contributed by atoms with van der Waals surface area (Å²) in [5.41, 5.74) is 0. The highest BCUT2D eigenvalue weighted by Crippen LogP contribution is 2.23. The average Bonchev–Trinajstić information content (AvgIpc) is 2.61. The second kappa shape index (κ2) is 9.05. The summed E-state index contributed by atoms with van der Waals surface area (Å²) < 4.78 is 0. The molecule has 0 aromatic rings. The monoisotopic (exact) mass is 171 g/mol. The Labute approximate surface area is 77.9 Å². The first kappa shape index (κ1) is 12.0. The fourth-order valence-corrected chi connectivity index (χ4v) is 1.70. The van der Waals surface area contributed by atoms with Crippen LogP contribution in [-0.2, 0) is 0 Å². The molecular weight excluding hydrogens is 146 g/mol. The molecule has 0 radical (unpaired) electrons. The molecule has 0 aromatic heterocycles. The molecule has 0 bridgehead atoms. The van der Waals surface area contributed by atoms with Crippen molar-refractivity contribution in [2.75, 3.05) is 13.1 Å². The maximum Gasteiger partial charge on any atom is -0.00205 e. The first-order valence-corrected chi connectivity index (χ1v) is 5.64. The lowest BCUT2D eigenvalue weighted by molar-refractivity contribution is 0.489. The van der Waals surface area contributed by atoms with Gasteiger partial charge in [-0.05, 0) is 38.3 Å². The van der Waals surface area contributed by atoms with Crippen molar-refractivity contribution in [3.63, 3.8) is 0 Å². The molecule has 1 saturated carbocycles. The van der Waals surface area contributed by atoms with Gasteiger partial charge in [0.05, 0.1) is 0 Å². The van der Waals surface area contributed by atoms with E-state index >= 15 is 0 Å². The van der Waals surface area contributed by atoms with E-state index in [1.807, 2.05) is 13.8 Å². The fourth-order valence-electron chi connectivity index (χ4n) is 1.70. The van der Waals surface area contributed by atoms with Crippen LogP contribution < -0.4 is 5.32 Å². The van der Waals surface area contributed by atoms with Crippen LogP contribution in [-0.4, -0.2) is 13.1 Å². The summed E-state index contributed by atoms with van der Waals surface area (Å²) in [6.07, 6.45) is 7.15. The van der Waals surface area contributed by atoms with Gasteiger partial charge in [0.1, 0.15) is 0 Å². The molecule has 0 aromatic carbocycles. The molecule has 1 fully saturated rings. The Kier molecular flexibility index (Phi) is 9.02. The predicted molar refractivity (Wildman–Crippen MR) is 56.5 cm³/mol. The van der Waals surface area contributed by atoms with Gasteiger partial charge >= 0.3 is 0 Å². The Morgan fingerprint density at radius 1 is 1.17 bits per heavy atom. The third-order valence-electron chi connectivity index (χ3n) is 2.33. The van der Waals surface area contributed by atoms with Crippen LogP contribution in [0.3, 0.4) is 0 Å². The summed E-state index contributed by atoms with van der Waals surface area (Å²) in [6.45, 7) is 8.70. The Morgan fingerprint density at radius 2 is 1.75 bits per heavy atom. The highest BCUT2D eigenvalue weighted by Gasteiger charge is 2.13. The molecule has 0 aliphatic heterocycles. The third-order valence-corrected chi connectivity index (χ3v) is 2.33. The quantitative estimate of drug-likeness (QED) is 0.640. The van der Waals surface area contributed by atoms with Crippen LogP contribution >= 0.6 is 0 Å². The van der Waals surface area contributed by atoms with Gasteiger partial charge in [-0.2, -0.15) is 0 Å². The van der Waals surface area contributed by atoms with E-state index in [0.29, 0.717) is 0 Å². The summed E-state index contributed by atoms with van der Waals surface area (Å²) in [5.74, 6) is 1.01. The largest absolute Gasteiger partial charge is 0.316 e. The zero-order valence-corrected chi connectivity index (χ0v) is 9.03. The highest BCUT2D eigenvalue weighted by molar-refractivity contribution is 4.68. The molecule has 1 nitrogen and oxygen atoms in total. The Hall–Kier alpha value is -0.0400. The van der Waals surface area contributed by atoms with Crippen molar-refractivity contribution in [3.8, 4) is 0 Å². The van der Waals surface area contributed by atoms with E-state index in [9.17, 15) is 0 Å². The van der Waals surface area contributed by atoms with Crippen LogP contribution in [0.5, 0.6) is 0 Å². The Bertz CT molecular complexity index is 75.1. The summed E-state index contributed by atoms with van der Waals surface area (Å²) in [6, 6.07) is 0. The van der Waals surface area contributed by atoms with Crippen LogP contribution in [0, 0.1) is 5.92 Å². The predicted octanol–water partition coefficient (Wildman–Crippen LogP) is 3.20. The van der Waals surface area contributed by atoms with Gasteiger partial charge in [0, 0.05) is 0 Å². The topological polar surface area (TPSA) is 12.0 Å². The maximum absolute atomic E-state index is 3.48. The summed E-state index contributed by atoms with van der Waals surface area (Å²) >= 11 is 0. The molecular formula is C11H25N. The lowest BCUT2D eigenvalue weighted by Gasteiger charge is -2.08. The van der Waals surface area contributed by atoms with Gasteiger partial charge in [0.2, 0.25) is 0 Å². The molecule has 1 aliphatic carbocycles.